The second-order valence-corrected chi connectivity index (χ2v) is 8.08. The Bertz CT molecular complexity index is 715. The molecule has 2 amide bonds. The molecule has 8 heteroatoms. The van der Waals surface area contributed by atoms with E-state index < -0.39 is 16.9 Å². The standard InChI is InChI=1S/C20H28ClN3O4/c1-13(2)18(20(26)22-15-8-6-4-3-5-7-9-15)23-19(25)14-10-11-16(21)17(12-14)24(27)28/h10-13,15,18H,3-9H2,1-2H3,(H,22,26)(H,23,25)/t18-/m1/s1. The van der Waals surface area contributed by atoms with Crippen LogP contribution in [0.1, 0.15) is 69.2 Å². The summed E-state index contributed by atoms with van der Waals surface area (Å²) >= 11 is 5.80. The summed E-state index contributed by atoms with van der Waals surface area (Å²) in [5, 5.41) is 16.8. The van der Waals surface area contributed by atoms with Gasteiger partial charge in [0.05, 0.1) is 4.92 Å². The van der Waals surface area contributed by atoms with Crippen LogP contribution in [0.4, 0.5) is 5.69 Å². The number of nitrogens with one attached hydrogen (secondary N) is 2. The van der Waals surface area contributed by atoms with Crippen molar-refractivity contribution in [1.29, 1.82) is 0 Å². The Morgan fingerprint density at radius 2 is 1.75 bits per heavy atom. The van der Waals surface area contributed by atoms with E-state index in [4.69, 9.17) is 11.6 Å². The van der Waals surface area contributed by atoms with Crippen molar-refractivity contribution in [3.05, 3.63) is 38.9 Å². The summed E-state index contributed by atoms with van der Waals surface area (Å²) in [6, 6.07) is 3.26. The predicted octanol–water partition coefficient (Wildman–Crippen LogP) is 4.23. The Balaban J connectivity index is 2.06. The third-order valence-electron chi connectivity index (χ3n) is 5.09. The topological polar surface area (TPSA) is 101 Å². The summed E-state index contributed by atoms with van der Waals surface area (Å²) in [4.78, 5) is 35.8. The van der Waals surface area contributed by atoms with Crippen LogP contribution in [0, 0.1) is 16.0 Å². The van der Waals surface area contributed by atoms with Crippen LogP contribution in [-0.2, 0) is 4.79 Å². The predicted molar refractivity (Wildman–Crippen MR) is 108 cm³/mol. The SMILES string of the molecule is CC(C)[C@@H](NC(=O)c1ccc(Cl)c([N+](=O)[O-])c1)C(=O)NC1CCCCCCC1. The maximum absolute atomic E-state index is 12.8. The molecule has 0 spiro atoms. The third-order valence-corrected chi connectivity index (χ3v) is 5.41. The van der Waals surface area contributed by atoms with Crippen LogP contribution >= 0.6 is 11.6 Å². The van der Waals surface area contributed by atoms with Gasteiger partial charge in [-0.15, -0.1) is 0 Å². The van der Waals surface area contributed by atoms with Crippen LogP contribution in [0.2, 0.25) is 5.02 Å². The minimum Gasteiger partial charge on any atom is -0.352 e. The summed E-state index contributed by atoms with van der Waals surface area (Å²) in [6.07, 6.45) is 7.72. The number of rotatable bonds is 6. The van der Waals surface area contributed by atoms with Gasteiger partial charge < -0.3 is 10.6 Å². The molecule has 1 aromatic carbocycles. The van der Waals surface area contributed by atoms with E-state index in [9.17, 15) is 19.7 Å². The van der Waals surface area contributed by atoms with Crippen molar-refractivity contribution in [1.82, 2.24) is 10.6 Å². The average molecular weight is 410 g/mol. The fourth-order valence-electron chi connectivity index (χ4n) is 3.44. The van der Waals surface area contributed by atoms with E-state index in [1.807, 2.05) is 13.8 Å². The Kier molecular flexibility index (Phi) is 8.23. The number of hydrogen-bond acceptors (Lipinski definition) is 4. The highest BCUT2D eigenvalue weighted by atomic mass is 35.5. The van der Waals surface area contributed by atoms with Crippen LogP contribution in [0.25, 0.3) is 0 Å². The third kappa shape index (κ3) is 6.19. The first-order valence-corrected chi connectivity index (χ1v) is 10.2. The largest absolute Gasteiger partial charge is 0.352 e. The van der Waals surface area contributed by atoms with Crippen molar-refractivity contribution < 1.29 is 14.5 Å². The number of hydrogen-bond donors (Lipinski definition) is 2. The first kappa shape index (κ1) is 22.1. The zero-order valence-corrected chi connectivity index (χ0v) is 17.1. The molecule has 1 aliphatic rings. The summed E-state index contributed by atoms with van der Waals surface area (Å²) < 4.78 is 0. The van der Waals surface area contributed by atoms with E-state index >= 15 is 0 Å². The monoisotopic (exact) mass is 409 g/mol. The zero-order valence-electron chi connectivity index (χ0n) is 16.4. The Morgan fingerprint density at radius 1 is 1.14 bits per heavy atom. The van der Waals surface area contributed by atoms with Gasteiger partial charge in [-0.1, -0.05) is 57.6 Å². The molecule has 2 rings (SSSR count). The summed E-state index contributed by atoms with van der Waals surface area (Å²) in [5.74, 6) is -0.872. The van der Waals surface area contributed by atoms with Crippen LogP contribution in [-0.4, -0.2) is 28.8 Å². The maximum Gasteiger partial charge on any atom is 0.288 e. The van der Waals surface area contributed by atoms with Crippen molar-refractivity contribution in [3.8, 4) is 0 Å². The Morgan fingerprint density at radius 3 is 2.32 bits per heavy atom. The van der Waals surface area contributed by atoms with Gasteiger partial charge in [0.25, 0.3) is 11.6 Å². The molecule has 0 bridgehead atoms. The second-order valence-electron chi connectivity index (χ2n) is 7.67. The molecule has 1 fully saturated rings. The van der Waals surface area contributed by atoms with Gasteiger partial charge in [0.15, 0.2) is 0 Å². The molecule has 1 atom stereocenters. The van der Waals surface area contributed by atoms with Gasteiger partial charge in [0, 0.05) is 17.7 Å². The molecule has 7 nitrogen and oxygen atoms in total. The zero-order chi connectivity index (χ0) is 20.7. The highest BCUT2D eigenvalue weighted by molar-refractivity contribution is 6.32. The minimum absolute atomic E-state index is 0.0380. The molecule has 0 aromatic heterocycles. The van der Waals surface area contributed by atoms with Crippen LogP contribution in [0.15, 0.2) is 18.2 Å². The number of benzene rings is 1. The molecule has 1 saturated carbocycles. The lowest BCUT2D eigenvalue weighted by atomic mass is 9.95. The van der Waals surface area contributed by atoms with E-state index in [0.29, 0.717) is 0 Å². The van der Waals surface area contributed by atoms with Gasteiger partial charge in [0.1, 0.15) is 11.1 Å². The van der Waals surface area contributed by atoms with E-state index in [1.165, 1.54) is 31.4 Å². The quantitative estimate of drug-likeness (QED) is 0.542. The van der Waals surface area contributed by atoms with E-state index in [0.717, 1.165) is 31.7 Å². The molecule has 0 aliphatic heterocycles. The smallest absolute Gasteiger partial charge is 0.288 e. The number of halogens is 1. The Hall–Kier alpha value is -2.15. The summed E-state index contributed by atoms with van der Waals surface area (Å²) in [7, 11) is 0. The van der Waals surface area contributed by atoms with Gasteiger partial charge in [-0.25, -0.2) is 0 Å². The molecular weight excluding hydrogens is 382 g/mol. The summed E-state index contributed by atoms with van der Waals surface area (Å²) in [6.45, 7) is 3.71. The first-order valence-electron chi connectivity index (χ1n) is 9.84. The lowest BCUT2D eigenvalue weighted by Gasteiger charge is -2.26. The molecule has 2 N–H and O–H groups in total. The fraction of sp³-hybridized carbons (Fsp3) is 0.600. The van der Waals surface area contributed by atoms with Crippen molar-refractivity contribution in [2.24, 2.45) is 5.92 Å². The molecule has 0 saturated heterocycles. The van der Waals surface area contributed by atoms with E-state index in [-0.39, 0.29) is 34.1 Å². The molecule has 0 heterocycles. The van der Waals surface area contributed by atoms with Crippen molar-refractivity contribution in [3.63, 3.8) is 0 Å². The summed E-state index contributed by atoms with van der Waals surface area (Å²) in [5.41, 5.74) is -0.241. The van der Waals surface area contributed by atoms with E-state index in [1.54, 1.807) is 0 Å². The molecule has 1 aromatic rings. The van der Waals surface area contributed by atoms with Crippen LogP contribution < -0.4 is 10.6 Å². The van der Waals surface area contributed by atoms with Crippen molar-refractivity contribution in [2.45, 2.75) is 70.9 Å². The van der Waals surface area contributed by atoms with Crippen LogP contribution in [0.3, 0.4) is 0 Å². The van der Waals surface area contributed by atoms with Gasteiger partial charge in [0.2, 0.25) is 5.91 Å². The minimum atomic E-state index is -0.715. The molecule has 28 heavy (non-hydrogen) atoms. The van der Waals surface area contributed by atoms with Gasteiger partial charge >= 0.3 is 0 Å². The number of amides is 2. The lowest BCUT2D eigenvalue weighted by Crippen LogP contribution is -2.52. The average Bonchev–Trinajstić information content (AvgIpc) is 2.61. The van der Waals surface area contributed by atoms with Crippen molar-refractivity contribution in [2.75, 3.05) is 0 Å². The Labute approximate surface area is 170 Å². The number of carbonyl (C=O) groups is 2. The van der Waals surface area contributed by atoms with Crippen LogP contribution in [0.5, 0.6) is 0 Å². The van der Waals surface area contributed by atoms with Gasteiger partial charge in [-0.3, -0.25) is 19.7 Å². The first-order chi connectivity index (χ1) is 13.3. The van der Waals surface area contributed by atoms with Crippen molar-refractivity contribution >= 4 is 29.1 Å². The number of nitro benzene ring substituents is 1. The lowest BCUT2D eigenvalue weighted by molar-refractivity contribution is -0.384. The van der Waals surface area contributed by atoms with Gasteiger partial charge in [-0.05, 0) is 30.9 Å². The maximum atomic E-state index is 12.8. The number of carbonyl (C=O) groups excluding carboxylic acids is 2. The highest BCUT2D eigenvalue weighted by Crippen LogP contribution is 2.25. The molecule has 0 radical (unpaired) electrons. The molecular formula is C20H28ClN3O4. The molecule has 154 valence electrons. The van der Waals surface area contributed by atoms with Gasteiger partial charge in [-0.2, -0.15) is 0 Å². The number of nitrogens with zero attached hydrogens (tertiary/aromatic N) is 1. The number of nitro groups is 1. The molecule has 0 unspecified atom stereocenters. The molecule has 1 aliphatic carbocycles. The fourth-order valence-corrected chi connectivity index (χ4v) is 3.63. The van der Waals surface area contributed by atoms with E-state index in [2.05, 4.69) is 10.6 Å². The second kappa shape index (κ2) is 10.4. The highest BCUT2D eigenvalue weighted by Gasteiger charge is 2.27. The normalized spacial score (nSPS) is 16.7.